The van der Waals surface area contributed by atoms with Gasteiger partial charge in [0.1, 0.15) is 4.99 Å². The van der Waals surface area contributed by atoms with Crippen LogP contribution < -0.4 is 10.6 Å². The van der Waals surface area contributed by atoms with Gasteiger partial charge in [0.05, 0.1) is 6.42 Å². The normalized spacial score (nSPS) is 10.2. The lowest BCUT2D eigenvalue weighted by molar-refractivity contribution is -0.117. The molecule has 0 spiro atoms. The first-order valence-corrected chi connectivity index (χ1v) is 7.17. The zero-order valence-electron chi connectivity index (χ0n) is 11.5. The molecule has 0 unspecified atom stereocenters. The van der Waals surface area contributed by atoms with Gasteiger partial charge in [-0.1, -0.05) is 48.1 Å². The first-order valence-electron chi connectivity index (χ1n) is 6.38. The van der Waals surface area contributed by atoms with E-state index in [1.807, 2.05) is 30.3 Å². The summed E-state index contributed by atoms with van der Waals surface area (Å²) in [6, 6.07) is 14.6. The van der Waals surface area contributed by atoms with Crippen LogP contribution in [0.25, 0.3) is 0 Å². The number of rotatable bonds is 4. The maximum absolute atomic E-state index is 12.3. The number of thiocarbonyl (C=S) groups is 1. The Kier molecular flexibility index (Phi) is 4.94. The molecule has 3 nitrogen and oxygen atoms in total. The van der Waals surface area contributed by atoms with Crippen molar-refractivity contribution in [1.29, 1.82) is 0 Å². The molecular weight excluding hydrogens is 304 g/mol. The number of likely N-dealkylation sites (N-methyl/N-ethyl adjacent to an activating group) is 1. The first kappa shape index (κ1) is 15.5. The molecule has 0 atom stereocenters. The Morgan fingerprint density at radius 2 is 1.95 bits per heavy atom. The second kappa shape index (κ2) is 6.70. The van der Waals surface area contributed by atoms with Gasteiger partial charge in [-0.05, 0) is 29.8 Å². The Bertz CT molecular complexity index is 687. The number of nitrogens with zero attached hydrogens (tertiary/aromatic N) is 1. The van der Waals surface area contributed by atoms with Crippen molar-refractivity contribution >= 4 is 40.4 Å². The second-order valence-corrected chi connectivity index (χ2v) is 5.55. The van der Waals surface area contributed by atoms with E-state index in [9.17, 15) is 4.79 Å². The minimum absolute atomic E-state index is 0.0302. The minimum atomic E-state index is -0.0302. The van der Waals surface area contributed by atoms with Gasteiger partial charge < -0.3 is 10.6 Å². The van der Waals surface area contributed by atoms with Crippen LogP contribution in [0.15, 0.2) is 48.5 Å². The highest BCUT2D eigenvalue weighted by molar-refractivity contribution is 7.80. The fraction of sp³-hybridized carbons (Fsp3) is 0.125. The fourth-order valence-corrected chi connectivity index (χ4v) is 2.29. The maximum atomic E-state index is 12.3. The van der Waals surface area contributed by atoms with E-state index in [-0.39, 0.29) is 12.3 Å². The number of amides is 1. The van der Waals surface area contributed by atoms with Gasteiger partial charge in [0.25, 0.3) is 0 Å². The molecule has 0 radical (unpaired) electrons. The number of anilines is 1. The largest absolute Gasteiger partial charge is 0.389 e. The van der Waals surface area contributed by atoms with E-state index in [1.54, 1.807) is 30.1 Å². The molecule has 2 rings (SSSR count). The molecule has 21 heavy (non-hydrogen) atoms. The lowest BCUT2D eigenvalue weighted by Crippen LogP contribution is -2.28. The van der Waals surface area contributed by atoms with E-state index in [4.69, 9.17) is 29.6 Å². The molecule has 0 fully saturated rings. The van der Waals surface area contributed by atoms with Crippen molar-refractivity contribution in [2.75, 3.05) is 11.9 Å². The minimum Gasteiger partial charge on any atom is -0.389 e. The van der Waals surface area contributed by atoms with Crippen molar-refractivity contribution in [2.24, 2.45) is 5.73 Å². The lowest BCUT2D eigenvalue weighted by Gasteiger charge is -2.18. The Hall–Kier alpha value is -1.91. The SMILES string of the molecule is CN(C(=O)Cc1cccc(Cl)c1)c1cccc(C(N)=S)c1. The van der Waals surface area contributed by atoms with E-state index in [0.29, 0.717) is 10.0 Å². The molecule has 2 aromatic rings. The van der Waals surface area contributed by atoms with Crippen LogP contribution in [-0.4, -0.2) is 17.9 Å². The summed E-state index contributed by atoms with van der Waals surface area (Å²) >= 11 is 10.9. The third-order valence-electron chi connectivity index (χ3n) is 3.14. The highest BCUT2D eigenvalue weighted by Gasteiger charge is 2.12. The third-order valence-corrected chi connectivity index (χ3v) is 3.61. The maximum Gasteiger partial charge on any atom is 0.231 e. The number of halogens is 1. The van der Waals surface area contributed by atoms with Gasteiger partial charge in [0.2, 0.25) is 5.91 Å². The van der Waals surface area contributed by atoms with Crippen molar-refractivity contribution < 1.29 is 4.79 Å². The monoisotopic (exact) mass is 318 g/mol. The van der Waals surface area contributed by atoms with Crippen LogP contribution in [0.4, 0.5) is 5.69 Å². The molecule has 0 aliphatic rings. The quantitative estimate of drug-likeness (QED) is 0.881. The van der Waals surface area contributed by atoms with Gasteiger partial charge in [-0.15, -0.1) is 0 Å². The molecule has 1 amide bonds. The van der Waals surface area contributed by atoms with E-state index in [0.717, 1.165) is 16.8 Å². The molecule has 5 heteroatoms. The summed E-state index contributed by atoms with van der Waals surface area (Å²) in [6.45, 7) is 0. The molecule has 0 aromatic heterocycles. The first-order chi connectivity index (χ1) is 9.97. The van der Waals surface area contributed by atoms with Gasteiger partial charge >= 0.3 is 0 Å². The molecule has 2 N–H and O–H groups in total. The van der Waals surface area contributed by atoms with Gasteiger partial charge in [-0.25, -0.2) is 0 Å². The number of nitrogens with two attached hydrogens (primary N) is 1. The molecule has 0 saturated carbocycles. The number of hydrogen-bond acceptors (Lipinski definition) is 2. The topological polar surface area (TPSA) is 46.3 Å². The van der Waals surface area contributed by atoms with Crippen molar-refractivity contribution in [2.45, 2.75) is 6.42 Å². The highest BCUT2D eigenvalue weighted by Crippen LogP contribution is 2.17. The summed E-state index contributed by atoms with van der Waals surface area (Å²) in [5.74, 6) is -0.0302. The van der Waals surface area contributed by atoms with E-state index >= 15 is 0 Å². The average Bonchev–Trinajstić information content (AvgIpc) is 2.46. The molecule has 0 bridgehead atoms. The molecule has 0 aliphatic heterocycles. The number of hydrogen-bond donors (Lipinski definition) is 1. The van der Waals surface area contributed by atoms with E-state index < -0.39 is 0 Å². The fourth-order valence-electron chi connectivity index (χ4n) is 1.95. The third kappa shape index (κ3) is 4.03. The highest BCUT2D eigenvalue weighted by atomic mass is 35.5. The Morgan fingerprint density at radius 1 is 1.24 bits per heavy atom. The van der Waals surface area contributed by atoms with E-state index in [1.165, 1.54) is 0 Å². The van der Waals surface area contributed by atoms with Crippen LogP contribution in [0.2, 0.25) is 5.02 Å². The molecule has 108 valence electrons. The zero-order chi connectivity index (χ0) is 15.4. The molecule has 0 saturated heterocycles. The van der Waals surface area contributed by atoms with Crippen molar-refractivity contribution in [3.05, 3.63) is 64.7 Å². The number of benzene rings is 2. The number of carbonyl (C=O) groups excluding carboxylic acids is 1. The Morgan fingerprint density at radius 3 is 2.62 bits per heavy atom. The van der Waals surface area contributed by atoms with Gasteiger partial charge in [-0.3, -0.25) is 4.79 Å². The van der Waals surface area contributed by atoms with Gasteiger partial charge in [0, 0.05) is 23.3 Å². The van der Waals surface area contributed by atoms with Crippen LogP contribution in [0, 0.1) is 0 Å². The molecular formula is C16H15ClN2OS. The summed E-state index contributed by atoms with van der Waals surface area (Å²) in [5, 5.41) is 0.624. The zero-order valence-corrected chi connectivity index (χ0v) is 13.1. The predicted molar refractivity (Wildman–Crippen MR) is 90.9 cm³/mol. The summed E-state index contributed by atoms with van der Waals surface area (Å²) in [5.41, 5.74) is 7.99. The second-order valence-electron chi connectivity index (χ2n) is 4.67. The van der Waals surface area contributed by atoms with Crippen molar-refractivity contribution in [1.82, 2.24) is 0 Å². The standard InChI is InChI=1S/C16H15ClN2OS/c1-19(14-7-3-5-12(10-14)16(18)21)15(20)9-11-4-2-6-13(17)8-11/h2-8,10H,9H2,1H3,(H2,18,21). The smallest absolute Gasteiger partial charge is 0.231 e. The Labute approximate surface area is 134 Å². The van der Waals surface area contributed by atoms with Crippen LogP contribution in [-0.2, 0) is 11.2 Å². The van der Waals surface area contributed by atoms with E-state index in [2.05, 4.69) is 0 Å². The predicted octanol–water partition coefficient (Wildman–Crippen LogP) is 3.18. The van der Waals surface area contributed by atoms with Gasteiger partial charge in [0.15, 0.2) is 0 Å². The van der Waals surface area contributed by atoms with Gasteiger partial charge in [-0.2, -0.15) is 0 Å². The molecule has 2 aromatic carbocycles. The molecule has 0 aliphatic carbocycles. The summed E-state index contributed by atoms with van der Waals surface area (Å²) < 4.78 is 0. The van der Waals surface area contributed by atoms with Crippen LogP contribution in [0.3, 0.4) is 0 Å². The Balaban J connectivity index is 2.15. The van der Waals surface area contributed by atoms with Crippen LogP contribution in [0.1, 0.15) is 11.1 Å². The average molecular weight is 319 g/mol. The van der Waals surface area contributed by atoms with Crippen molar-refractivity contribution in [3.8, 4) is 0 Å². The summed E-state index contributed by atoms with van der Waals surface area (Å²) in [7, 11) is 1.73. The molecule has 0 heterocycles. The summed E-state index contributed by atoms with van der Waals surface area (Å²) in [6.07, 6.45) is 0.286. The number of carbonyl (C=O) groups is 1. The van der Waals surface area contributed by atoms with Crippen molar-refractivity contribution in [3.63, 3.8) is 0 Å². The lowest BCUT2D eigenvalue weighted by atomic mass is 10.1. The summed E-state index contributed by atoms with van der Waals surface area (Å²) in [4.78, 5) is 14.2. The van der Waals surface area contributed by atoms with Crippen LogP contribution >= 0.6 is 23.8 Å². The van der Waals surface area contributed by atoms with Crippen LogP contribution in [0.5, 0.6) is 0 Å².